The van der Waals surface area contributed by atoms with E-state index >= 15 is 0 Å². The molecule has 0 atom stereocenters. The van der Waals surface area contributed by atoms with Gasteiger partial charge in [0, 0.05) is 0 Å². The van der Waals surface area contributed by atoms with Gasteiger partial charge in [0.25, 0.3) is 0 Å². The Balaban J connectivity index is -0.0000000360. The molecule has 140 valence electrons. The molecule has 0 unspecified atom stereocenters. The molecular formula is AuNa3O15S6. The molecule has 15 nitrogen and oxygen atoms in total. The minimum Gasteiger partial charge on any atom is -0.749 e. The quantitative estimate of drug-likeness (QED) is 0.184. The maximum absolute atomic E-state index is 9.19. The van der Waals surface area contributed by atoms with Gasteiger partial charge < -0.3 is 27.3 Å². The molecule has 0 rings (SSSR count). The van der Waals surface area contributed by atoms with E-state index in [0.29, 0.717) is 0 Å². The van der Waals surface area contributed by atoms with Gasteiger partial charge in [0.1, 0.15) is 0 Å². The van der Waals surface area contributed by atoms with Gasteiger partial charge in [0.05, 0.1) is 68.2 Å². The normalized spacial score (nSPS) is 15.6. The van der Waals surface area contributed by atoms with Crippen molar-refractivity contribution in [3.05, 3.63) is 0 Å². The Bertz CT molecular complexity index is 328. The van der Waals surface area contributed by atoms with E-state index in [1.54, 1.807) is 0 Å². The van der Waals surface area contributed by atoms with Crippen molar-refractivity contribution < 1.29 is 175 Å². The van der Waals surface area contributed by atoms with Crippen LogP contribution in [0.1, 0.15) is 0 Å². The largest absolute Gasteiger partial charge is 3.00 e. The zero-order chi connectivity index (χ0) is 17.6. The van der Waals surface area contributed by atoms with Crippen molar-refractivity contribution in [3.8, 4) is 0 Å². The first-order valence-electron chi connectivity index (χ1n) is 3.00. The Labute approximate surface area is 238 Å². The third kappa shape index (κ3) is 73.7. The van der Waals surface area contributed by atoms with Crippen molar-refractivity contribution in [1.29, 1.82) is 0 Å². The molecule has 25 heavy (non-hydrogen) atoms. The van der Waals surface area contributed by atoms with E-state index < -0.39 is 68.2 Å². The van der Waals surface area contributed by atoms with E-state index in [9.17, 15) is 52.6 Å². The molecular weight excluding hydrogens is 698 g/mol. The predicted octanol–water partition coefficient (Wildman–Crippen LogP) is -13.2. The summed E-state index contributed by atoms with van der Waals surface area (Å²) in [7, 11) is 0. The predicted molar refractivity (Wildman–Crippen MR) is 56.8 cm³/mol. The van der Waals surface area contributed by atoms with E-state index in [1.165, 1.54) is 0 Å². The Morgan fingerprint density at radius 2 is 0.480 bits per heavy atom. The van der Waals surface area contributed by atoms with E-state index in [1.807, 2.05) is 0 Å². The van der Waals surface area contributed by atoms with Gasteiger partial charge in [0.2, 0.25) is 0 Å². The van der Waals surface area contributed by atoms with Crippen LogP contribution < -0.4 is 88.7 Å². The van der Waals surface area contributed by atoms with Crippen LogP contribution in [0.3, 0.4) is 0 Å². The minimum absolute atomic E-state index is 0. The van der Waals surface area contributed by atoms with Gasteiger partial charge in [-0.3, -0.25) is 0 Å². The molecule has 0 amide bonds. The molecule has 0 bridgehead atoms. The van der Waals surface area contributed by atoms with Crippen LogP contribution in [-0.2, 0) is 101 Å². The average molecular weight is 698 g/mol. The van der Waals surface area contributed by atoms with Crippen molar-refractivity contribution in [2.45, 2.75) is 0 Å². The smallest absolute Gasteiger partial charge is 0.749 e. The molecule has 0 fully saturated rings. The van der Waals surface area contributed by atoms with Crippen LogP contribution in [0.15, 0.2) is 0 Å². The second-order valence-corrected chi connectivity index (χ2v) is 5.51. The fraction of sp³-hybridized carbons (Fsp3) is 0. The molecule has 0 spiro atoms. The molecule has 0 saturated heterocycles. The second kappa shape index (κ2) is 32.9. The molecule has 0 aromatic rings. The molecule has 0 aliphatic heterocycles. The number of hydrogen-bond donors (Lipinski definition) is 0. The summed E-state index contributed by atoms with van der Waals surface area (Å²) in [5.41, 5.74) is 0. The SMILES string of the molecule is O=S([O-])OS(=O)[O-].O=S([O-])OS(=O)[O-].O=S([O-])OS(=O)[O-].[Au+3].[Na+].[Na+].[Na+]. The van der Waals surface area contributed by atoms with Gasteiger partial charge in [-0.05, 0) is 0 Å². The van der Waals surface area contributed by atoms with Crippen LogP contribution in [0, 0.1) is 0 Å². The van der Waals surface area contributed by atoms with Crippen LogP contribution in [0.25, 0.3) is 0 Å². The summed E-state index contributed by atoms with van der Waals surface area (Å²) in [5, 5.41) is 0. The minimum atomic E-state index is -2.96. The fourth-order valence-corrected chi connectivity index (χ4v) is 1.22. The number of rotatable bonds is 6. The van der Waals surface area contributed by atoms with Crippen molar-refractivity contribution in [2.75, 3.05) is 0 Å². The van der Waals surface area contributed by atoms with Gasteiger partial charge in [-0.1, -0.05) is 0 Å². The Kier molecular flexibility index (Phi) is 62.1. The molecule has 0 aromatic carbocycles. The molecule has 0 aliphatic carbocycles. The topological polar surface area (TPSA) is 268 Å². The Morgan fingerprint density at radius 3 is 0.480 bits per heavy atom. The standard InChI is InChI=1S/Au.3Na.3H2O5S2/c;;;;3*1-6(2)5-7(3)4/h;;;;3*(H,1,2)(H,3,4)/q+3;3*+1;;;/p-6. The van der Waals surface area contributed by atoms with Crippen LogP contribution in [0.4, 0.5) is 0 Å². The third-order valence-corrected chi connectivity index (χ3v) is 3.00. The van der Waals surface area contributed by atoms with E-state index in [0.717, 1.165) is 0 Å². The number of hydrogen-bond acceptors (Lipinski definition) is 15. The zero-order valence-electron chi connectivity index (χ0n) is 11.9. The second-order valence-electron chi connectivity index (χ2n) is 1.43. The van der Waals surface area contributed by atoms with Crippen LogP contribution in [0.5, 0.6) is 0 Å². The third-order valence-electron chi connectivity index (χ3n) is 0.333. The fourth-order valence-electron chi connectivity index (χ4n) is 0.136. The summed E-state index contributed by atoms with van der Waals surface area (Å²) >= 11 is -17.7. The van der Waals surface area contributed by atoms with Gasteiger partial charge in [-0.15, -0.1) is 0 Å². The first-order chi connectivity index (χ1) is 9.38. The molecule has 0 N–H and O–H groups in total. The van der Waals surface area contributed by atoms with E-state index in [2.05, 4.69) is 10.9 Å². The first kappa shape index (κ1) is 47.2. The summed E-state index contributed by atoms with van der Waals surface area (Å²) in [6, 6.07) is 0. The molecule has 0 radical (unpaired) electrons. The van der Waals surface area contributed by atoms with Crippen LogP contribution >= 0.6 is 0 Å². The van der Waals surface area contributed by atoms with Gasteiger partial charge in [0.15, 0.2) is 0 Å². The summed E-state index contributed by atoms with van der Waals surface area (Å²) in [6.45, 7) is 0. The van der Waals surface area contributed by atoms with Crippen molar-refractivity contribution in [2.24, 2.45) is 0 Å². The van der Waals surface area contributed by atoms with Crippen molar-refractivity contribution in [1.82, 2.24) is 0 Å². The van der Waals surface area contributed by atoms with Crippen LogP contribution in [-0.4, -0.2) is 52.6 Å². The summed E-state index contributed by atoms with van der Waals surface area (Å²) in [5.74, 6) is 0. The maximum Gasteiger partial charge on any atom is 3.00 e. The van der Waals surface area contributed by atoms with Crippen molar-refractivity contribution in [3.63, 3.8) is 0 Å². The Hall–Kier alpha value is 4.28. The van der Waals surface area contributed by atoms with E-state index in [-0.39, 0.29) is 111 Å². The molecule has 0 heterocycles. The van der Waals surface area contributed by atoms with Gasteiger partial charge >= 0.3 is 111 Å². The summed E-state index contributed by atoms with van der Waals surface area (Å²) < 4.78 is 120. The zero-order valence-corrected chi connectivity index (χ0v) is 24.9. The molecule has 0 aliphatic rings. The first-order valence-corrected chi connectivity index (χ1v) is 9.00. The maximum atomic E-state index is 9.19. The average Bonchev–Trinajstić information content (AvgIpc) is 2.10. The van der Waals surface area contributed by atoms with Crippen molar-refractivity contribution >= 4 is 68.2 Å². The van der Waals surface area contributed by atoms with Gasteiger partial charge in [-0.2, -0.15) is 0 Å². The molecule has 25 heteroatoms. The molecule has 0 aromatic heterocycles. The molecule has 0 saturated carbocycles. The van der Waals surface area contributed by atoms with E-state index in [4.69, 9.17) is 0 Å². The van der Waals surface area contributed by atoms with Crippen LogP contribution in [0.2, 0.25) is 0 Å². The monoisotopic (exact) mass is 698 g/mol. The summed E-state index contributed by atoms with van der Waals surface area (Å²) in [6.07, 6.45) is 0. The van der Waals surface area contributed by atoms with Gasteiger partial charge in [-0.25, -0.2) is 36.1 Å². The Morgan fingerprint density at radius 1 is 0.400 bits per heavy atom. The summed E-state index contributed by atoms with van der Waals surface area (Å²) in [4.78, 5) is 0.